The van der Waals surface area contributed by atoms with Crippen LogP contribution in [0.25, 0.3) is 0 Å². The van der Waals surface area contributed by atoms with Gasteiger partial charge in [-0.1, -0.05) is 57.0 Å². The number of aliphatic imine (C=N–C) groups is 1. The normalized spacial score (nSPS) is 12.3. The van der Waals surface area contributed by atoms with E-state index in [1.54, 1.807) is 6.08 Å². The SMILES string of the molecule is C=CC(=NCCC)C(=C)NC(Cc1ccccc1)C(=C)NCC. The van der Waals surface area contributed by atoms with Crippen LogP contribution in [0.5, 0.6) is 0 Å². The van der Waals surface area contributed by atoms with Crippen LogP contribution in [0.2, 0.25) is 0 Å². The number of allylic oxidation sites excluding steroid dienone is 1. The highest BCUT2D eigenvalue weighted by Gasteiger charge is 2.15. The van der Waals surface area contributed by atoms with E-state index >= 15 is 0 Å². The molecular weight excluding hydrogens is 282 g/mol. The zero-order valence-corrected chi connectivity index (χ0v) is 14.4. The Balaban J connectivity index is 2.85. The molecule has 0 radical (unpaired) electrons. The number of benzene rings is 1. The molecule has 0 amide bonds. The second kappa shape index (κ2) is 10.4. The van der Waals surface area contributed by atoms with Crippen LogP contribution in [0.15, 0.2) is 72.5 Å². The van der Waals surface area contributed by atoms with Gasteiger partial charge in [0.1, 0.15) is 0 Å². The van der Waals surface area contributed by atoms with Gasteiger partial charge in [0, 0.05) is 18.8 Å². The van der Waals surface area contributed by atoms with Crippen LogP contribution in [0.1, 0.15) is 25.8 Å². The smallest absolute Gasteiger partial charge is 0.0793 e. The minimum atomic E-state index is 0.0524. The average molecular weight is 311 g/mol. The molecule has 1 unspecified atom stereocenters. The highest BCUT2D eigenvalue weighted by molar-refractivity contribution is 6.07. The van der Waals surface area contributed by atoms with E-state index in [9.17, 15) is 0 Å². The maximum atomic E-state index is 4.51. The Kier molecular flexibility index (Phi) is 8.51. The molecule has 124 valence electrons. The number of hydrogen-bond acceptors (Lipinski definition) is 3. The van der Waals surface area contributed by atoms with Crippen molar-refractivity contribution in [3.63, 3.8) is 0 Å². The molecule has 0 fully saturated rings. The fraction of sp³-hybridized carbons (Fsp3) is 0.350. The molecular formula is C20H29N3. The minimum Gasteiger partial charge on any atom is -0.387 e. The summed E-state index contributed by atoms with van der Waals surface area (Å²) in [6, 6.07) is 10.4. The first-order valence-corrected chi connectivity index (χ1v) is 8.21. The highest BCUT2D eigenvalue weighted by atomic mass is 15.0. The van der Waals surface area contributed by atoms with E-state index < -0.39 is 0 Å². The molecule has 0 saturated carbocycles. The number of likely N-dealkylation sites (N-methyl/N-ethyl adjacent to an activating group) is 1. The number of nitrogens with zero attached hydrogens (tertiary/aromatic N) is 1. The lowest BCUT2D eigenvalue weighted by Gasteiger charge is -2.24. The Hall–Kier alpha value is -2.29. The lowest BCUT2D eigenvalue weighted by Crippen LogP contribution is -2.38. The molecule has 0 aliphatic heterocycles. The van der Waals surface area contributed by atoms with Gasteiger partial charge in [-0.15, -0.1) is 0 Å². The summed E-state index contributed by atoms with van der Waals surface area (Å²) in [5.41, 5.74) is 3.81. The van der Waals surface area contributed by atoms with Gasteiger partial charge >= 0.3 is 0 Å². The van der Waals surface area contributed by atoms with Crippen molar-refractivity contribution in [2.75, 3.05) is 13.1 Å². The Morgan fingerprint density at radius 1 is 1.22 bits per heavy atom. The molecule has 0 aliphatic carbocycles. The molecule has 0 saturated heterocycles. The predicted octanol–water partition coefficient (Wildman–Crippen LogP) is 3.86. The summed E-state index contributed by atoms with van der Waals surface area (Å²) in [6.45, 7) is 17.9. The molecule has 0 spiro atoms. The quantitative estimate of drug-likeness (QED) is 0.609. The van der Waals surface area contributed by atoms with E-state index in [0.29, 0.717) is 0 Å². The maximum Gasteiger partial charge on any atom is 0.0793 e. The van der Waals surface area contributed by atoms with Gasteiger partial charge in [0.05, 0.1) is 17.5 Å². The fourth-order valence-corrected chi connectivity index (χ4v) is 2.26. The molecule has 0 aromatic heterocycles. The van der Waals surface area contributed by atoms with Crippen LogP contribution < -0.4 is 10.6 Å². The molecule has 1 rings (SSSR count). The monoisotopic (exact) mass is 311 g/mol. The molecule has 23 heavy (non-hydrogen) atoms. The zero-order valence-electron chi connectivity index (χ0n) is 14.4. The second-order valence-corrected chi connectivity index (χ2v) is 5.39. The van der Waals surface area contributed by atoms with Crippen molar-refractivity contribution in [2.45, 2.75) is 32.7 Å². The maximum absolute atomic E-state index is 4.51. The molecule has 3 nitrogen and oxygen atoms in total. The van der Waals surface area contributed by atoms with Gasteiger partial charge in [-0.25, -0.2) is 0 Å². The van der Waals surface area contributed by atoms with Gasteiger partial charge in [-0.2, -0.15) is 0 Å². The molecule has 2 N–H and O–H groups in total. The van der Waals surface area contributed by atoms with E-state index in [4.69, 9.17) is 0 Å². The van der Waals surface area contributed by atoms with Gasteiger partial charge in [0.15, 0.2) is 0 Å². The fourth-order valence-electron chi connectivity index (χ4n) is 2.26. The van der Waals surface area contributed by atoms with E-state index in [1.807, 2.05) is 6.07 Å². The van der Waals surface area contributed by atoms with Gasteiger partial charge in [0.2, 0.25) is 0 Å². The first-order valence-electron chi connectivity index (χ1n) is 8.21. The highest BCUT2D eigenvalue weighted by Crippen LogP contribution is 2.10. The van der Waals surface area contributed by atoms with Crippen molar-refractivity contribution in [3.8, 4) is 0 Å². The molecule has 1 aromatic rings. The lowest BCUT2D eigenvalue weighted by atomic mass is 10.0. The van der Waals surface area contributed by atoms with E-state index in [-0.39, 0.29) is 6.04 Å². The van der Waals surface area contributed by atoms with Gasteiger partial charge < -0.3 is 10.6 Å². The Morgan fingerprint density at radius 3 is 2.48 bits per heavy atom. The Labute approximate surface area is 140 Å². The van der Waals surface area contributed by atoms with Crippen molar-refractivity contribution in [3.05, 3.63) is 73.1 Å². The molecule has 0 bridgehead atoms. The van der Waals surface area contributed by atoms with Gasteiger partial charge in [-0.3, -0.25) is 4.99 Å². The van der Waals surface area contributed by atoms with Gasteiger partial charge in [0.25, 0.3) is 0 Å². The molecule has 1 atom stereocenters. The zero-order chi connectivity index (χ0) is 17.1. The predicted molar refractivity (Wildman–Crippen MR) is 102 cm³/mol. The first kappa shape index (κ1) is 18.8. The van der Waals surface area contributed by atoms with Crippen molar-refractivity contribution >= 4 is 5.71 Å². The summed E-state index contributed by atoms with van der Waals surface area (Å²) in [4.78, 5) is 4.51. The second-order valence-electron chi connectivity index (χ2n) is 5.39. The van der Waals surface area contributed by atoms with Crippen LogP contribution in [-0.2, 0) is 6.42 Å². The van der Waals surface area contributed by atoms with Crippen LogP contribution >= 0.6 is 0 Å². The Bertz CT molecular complexity index is 543. The molecule has 1 aromatic carbocycles. The summed E-state index contributed by atoms with van der Waals surface area (Å²) in [6.07, 6.45) is 3.59. The van der Waals surface area contributed by atoms with Crippen LogP contribution in [0, 0.1) is 0 Å². The molecule has 0 aliphatic rings. The Morgan fingerprint density at radius 2 is 1.91 bits per heavy atom. The summed E-state index contributed by atoms with van der Waals surface area (Å²) in [5, 5.41) is 6.76. The van der Waals surface area contributed by atoms with Crippen LogP contribution in [0.3, 0.4) is 0 Å². The number of hydrogen-bond donors (Lipinski definition) is 2. The van der Waals surface area contributed by atoms with E-state index in [2.05, 4.69) is 73.5 Å². The minimum absolute atomic E-state index is 0.0524. The van der Waals surface area contributed by atoms with Crippen molar-refractivity contribution in [1.29, 1.82) is 0 Å². The standard InChI is InChI=1S/C20H29N3/c1-6-14-22-19(7-2)17(5)23-20(16(4)21-8-3)15-18-12-10-9-11-13-18/h7,9-13,20-21,23H,2,4-6,8,14-15H2,1,3H3. The summed E-state index contributed by atoms with van der Waals surface area (Å²) in [5.74, 6) is 0. The van der Waals surface area contributed by atoms with Crippen molar-refractivity contribution in [1.82, 2.24) is 10.6 Å². The van der Waals surface area contributed by atoms with E-state index in [0.717, 1.165) is 43.0 Å². The van der Waals surface area contributed by atoms with E-state index in [1.165, 1.54) is 5.56 Å². The summed E-state index contributed by atoms with van der Waals surface area (Å²) < 4.78 is 0. The average Bonchev–Trinajstić information content (AvgIpc) is 2.56. The summed E-state index contributed by atoms with van der Waals surface area (Å²) >= 11 is 0. The number of nitrogens with one attached hydrogen (secondary N) is 2. The first-order chi connectivity index (χ1) is 11.1. The van der Waals surface area contributed by atoms with Crippen LogP contribution in [0.4, 0.5) is 0 Å². The van der Waals surface area contributed by atoms with Crippen molar-refractivity contribution in [2.24, 2.45) is 4.99 Å². The van der Waals surface area contributed by atoms with Crippen molar-refractivity contribution < 1.29 is 0 Å². The topological polar surface area (TPSA) is 36.4 Å². The largest absolute Gasteiger partial charge is 0.387 e. The third-order valence-electron chi connectivity index (χ3n) is 3.46. The third kappa shape index (κ3) is 6.55. The lowest BCUT2D eigenvalue weighted by molar-refractivity contribution is 0.602. The summed E-state index contributed by atoms with van der Waals surface area (Å²) in [7, 11) is 0. The third-order valence-corrected chi connectivity index (χ3v) is 3.46. The van der Waals surface area contributed by atoms with Crippen LogP contribution in [-0.4, -0.2) is 24.8 Å². The van der Waals surface area contributed by atoms with Gasteiger partial charge in [-0.05, 0) is 31.4 Å². The number of rotatable bonds is 11. The molecule has 3 heteroatoms. The molecule has 0 heterocycles.